The molecule has 0 atom stereocenters. The second-order valence-corrected chi connectivity index (χ2v) is 4.02. The number of hydrogen-bond acceptors (Lipinski definition) is 3. The molecule has 4 nitrogen and oxygen atoms in total. The van der Waals surface area contributed by atoms with Gasteiger partial charge in [0, 0.05) is 28.5 Å². The van der Waals surface area contributed by atoms with Crippen LogP contribution in [0, 0.1) is 0 Å². The summed E-state index contributed by atoms with van der Waals surface area (Å²) in [5, 5.41) is 9.48. The minimum Gasteiger partial charge on any atom is -0.495 e. The summed E-state index contributed by atoms with van der Waals surface area (Å²) >= 11 is 5.93. The Morgan fingerprint density at radius 3 is 2.78 bits per heavy atom. The lowest BCUT2D eigenvalue weighted by Gasteiger charge is -2.12. The molecule has 0 spiro atoms. The zero-order valence-electron chi connectivity index (χ0n) is 9.55. The van der Waals surface area contributed by atoms with Crippen molar-refractivity contribution in [1.29, 1.82) is 0 Å². The predicted octanol–water partition coefficient (Wildman–Crippen LogP) is 3.11. The first-order chi connectivity index (χ1) is 8.63. The van der Waals surface area contributed by atoms with Crippen LogP contribution in [0.3, 0.4) is 0 Å². The van der Waals surface area contributed by atoms with Crippen molar-refractivity contribution >= 4 is 17.6 Å². The molecule has 2 aromatic rings. The maximum absolute atomic E-state index is 11.2. The molecule has 0 unspecified atom stereocenters. The van der Waals surface area contributed by atoms with Gasteiger partial charge >= 0.3 is 5.97 Å². The van der Waals surface area contributed by atoms with E-state index in [-0.39, 0.29) is 11.3 Å². The molecule has 0 amide bonds. The van der Waals surface area contributed by atoms with Crippen molar-refractivity contribution in [2.75, 3.05) is 7.11 Å². The normalized spacial score (nSPS) is 10.1. The average molecular weight is 264 g/mol. The fraction of sp³-hybridized carbons (Fsp3) is 0.0769. The average Bonchev–Trinajstić information content (AvgIpc) is 2.38. The van der Waals surface area contributed by atoms with Crippen molar-refractivity contribution in [1.82, 2.24) is 4.98 Å². The van der Waals surface area contributed by atoms with Crippen LogP contribution >= 0.6 is 11.6 Å². The topological polar surface area (TPSA) is 59.4 Å². The minimum absolute atomic E-state index is 0.0313. The zero-order valence-corrected chi connectivity index (χ0v) is 10.3. The van der Waals surface area contributed by atoms with Crippen molar-refractivity contribution in [3.63, 3.8) is 0 Å². The Kier molecular flexibility index (Phi) is 3.48. The van der Waals surface area contributed by atoms with E-state index in [9.17, 15) is 4.79 Å². The first-order valence-corrected chi connectivity index (χ1v) is 5.52. The summed E-state index contributed by atoms with van der Waals surface area (Å²) in [6, 6.07) is 6.59. The molecule has 0 aliphatic carbocycles. The highest BCUT2D eigenvalue weighted by molar-refractivity contribution is 6.31. The number of aromatic carboxylic acids is 1. The van der Waals surface area contributed by atoms with Crippen LogP contribution < -0.4 is 4.74 Å². The van der Waals surface area contributed by atoms with E-state index in [1.165, 1.54) is 13.2 Å². The predicted molar refractivity (Wildman–Crippen MR) is 68.2 cm³/mol. The van der Waals surface area contributed by atoms with Gasteiger partial charge in [-0.2, -0.15) is 0 Å². The van der Waals surface area contributed by atoms with E-state index < -0.39 is 5.97 Å². The number of halogens is 1. The largest absolute Gasteiger partial charge is 0.495 e. The number of nitrogens with zero attached hydrogens (tertiary/aromatic N) is 1. The molecule has 0 radical (unpaired) electrons. The van der Waals surface area contributed by atoms with Gasteiger partial charge in [-0.3, -0.25) is 4.98 Å². The van der Waals surface area contributed by atoms with E-state index in [1.54, 1.807) is 24.5 Å². The van der Waals surface area contributed by atoms with E-state index in [0.717, 1.165) is 5.56 Å². The fourth-order valence-corrected chi connectivity index (χ4v) is 1.93. The van der Waals surface area contributed by atoms with Gasteiger partial charge < -0.3 is 9.84 Å². The van der Waals surface area contributed by atoms with Gasteiger partial charge in [-0.15, -0.1) is 0 Å². The van der Waals surface area contributed by atoms with E-state index in [4.69, 9.17) is 21.4 Å². The molecule has 18 heavy (non-hydrogen) atoms. The highest BCUT2D eigenvalue weighted by Crippen LogP contribution is 2.35. The summed E-state index contributed by atoms with van der Waals surface area (Å²) < 4.78 is 5.18. The van der Waals surface area contributed by atoms with Gasteiger partial charge in [-0.25, -0.2) is 4.79 Å². The van der Waals surface area contributed by atoms with Gasteiger partial charge in [-0.05, 0) is 18.2 Å². The maximum atomic E-state index is 11.2. The summed E-state index contributed by atoms with van der Waals surface area (Å²) in [6.45, 7) is 0. The van der Waals surface area contributed by atoms with Gasteiger partial charge in [0.05, 0.1) is 7.11 Å². The zero-order chi connectivity index (χ0) is 13.1. The Morgan fingerprint density at radius 1 is 1.44 bits per heavy atom. The SMILES string of the molecule is COc1c(C(=O)O)cc(Cl)cc1-c1cccnc1. The molecular formula is C13H10ClNO3. The molecule has 1 heterocycles. The van der Waals surface area contributed by atoms with Crippen LogP contribution in [0.5, 0.6) is 5.75 Å². The second-order valence-electron chi connectivity index (χ2n) is 3.58. The number of ether oxygens (including phenoxy) is 1. The molecule has 0 saturated heterocycles. The molecule has 1 aromatic heterocycles. The van der Waals surface area contributed by atoms with Crippen LogP contribution in [0.25, 0.3) is 11.1 Å². The van der Waals surface area contributed by atoms with Crippen LogP contribution in [0.2, 0.25) is 5.02 Å². The van der Waals surface area contributed by atoms with Gasteiger partial charge in [0.25, 0.3) is 0 Å². The summed E-state index contributed by atoms with van der Waals surface area (Å²) in [5.41, 5.74) is 1.39. The Balaban J connectivity index is 2.70. The van der Waals surface area contributed by atoms with Crippen LogP contribution in [-0.4, -0.2) is 23.2 Å². The number of pyridine rings is 1. The molecule has 92 valence electrons. The number of benzene rings is 1. The number of carbonyl (C=O) groups is 1. The number of hydrogen-bond donors (Lipinski definition) is 1. The number of rotatable bonds is 3. The third-order valence-corrected chi connectivity index (χ3v) is 2.68. The van der Waals surface area contributed by atoms with Gasteiger partial charge in [-0.1, -0.05) is 17.7 Å². The monoisotopic (exact) mass is 263 g/mol. The molecule has 1 aromatic carbocycles. The maximum Gasteiger partial charge on any atom is 0.339 e. The van der Waals surface area contributed by atoms with Crippen LogP contribution in [0.4, 0.5) is 0 Å². The number of carboxylic acid groups (broad SMARTS) is 1. The highest BCUT2D eigenvalue weighted by atomic mass is 35.5. The molecule has 0 bridgehead atoms. The number of aromatic nitrogens is 1. The first kappa shape index (κ1) is 12.4. The molecule has 0 aliphatic heterocycles. The van der Waals surface area contributed by atoms with Crippen molar-refractivity contribution in [2.45, 2.75) is 0 Å². The second kappa shape index (κ2) is 5.06. The molecule has 5 heteroatoms. The molecule has 0 aliphatic rings. The van der Waals surface area contributed by atoms with Crippen molar-refractivity contribution in [3.8, 4) is 16.9 Å². The Labute approximate surface area is 109 Å². The van der Waals surface area contributed by atoms with Crippen LogP contribution in [-0.2, 0) is 0 Å². The standard InChI is InChI=1S/C13H10ClNO3/c1-18-12-10(8-3-2-4-15-7-8)5-9(14)6-11(12)13(16)17/h2-7H,1H3,(H,16,17). The summed E-state index contributed by atoms with van der Waals surface area (Å²) in [7, 11) is 1.43. The molecule has 1 N–H and O–H groups in total. The quantitative estimate of drug-likeness (QED) is 0.924. The fourth-order valence-electron chi connectivity index (χ4n) is 1.71. The lowest BCUT2D eigenvalue weighted by atomic mass is 10.0. The van der Waals surface area contributed by atoms with Gasteiger partial charge in [0.2, 0.25) is 0 Å². The molecule has 0 fully saturated rings. The summed E-state index contributed by atoms with van der Waals surface area (Å²) in [4.78, 5) is 15.2. The third kappa shape index (κ3) is 2.28. The van der Waals surface area contributed by atoms with Crippen LogP contribution in [0.15, 0.2) is 36.7 Å². The summed E-state index contributed by atoms with van der Waals surface area (Å²) in [5.74, 6) is -0.806. The number of methoxy groups -OCH3 is 1. The van der Waals surface area contributed by atoms with Gasteiger partial charge in [0.1, 0.15) is 11.3 Å². The molecular weight excluding hydrogens is 254 g/mol. The van der Waals surface area contributed by atoms with E-state index in [1.807, 2.05) is 6.07 Å². The number of carboxylic acids is 1. The Hall–Kier alpha value is -2.07. The first-order valence-electron chi connectivity index (χ1n) is 5.14. The van der Waals surface area contributed by atoms with Crippen LogP contribution in [0.1, 0.15) is 10.4 Å². The molecule has 2 rings (SSSR count). The van der Waals surface area contributed by atoms with E-state index >= 15 is 0 Å². The smallest absolute Gasteiger partial charge is 0.339 e. The van der Waals surface area contributed by atoms with Crippen molar-refractivity contribution in [3.05, 3.63) is 47.2 Å². The Bertz CT molecular complexity index is 584. The Morgan fingerprint density at radius 2 is 2.22 bits per heavy atom. The lowest BCUT2D eigenvalue weighted by Crippen LogP contribution is -2.02. The molecule has 0 saturated carbocycles. The highest BCUT2D eigenvalue weighted by Gasteiger charge is 2.17. The van der Waals surface area contributed by atoms with Gasteiger partial charge in [0.15, 0.2) is 0 Å². The van der Waals surface area contributed by atoms with E-state index in [0.29, 0.717) is 10.6 Å². The summed E-state index contributed by atoms with van der Waals surface area (Å²) in [6.07, 6.45) is 3.26. The van der Waals surface area contributed by atoms with E-state index in [2.05, 4.69) is 4.98 Å². The van der Waals surface area contributed by atoms with Crippen molar-refractivity contribution in [2.24, 2.45) is 0 Å². The van der Waals surface area contributed by atoms with Crippen molar-refractivity contribution < 1.29 is 14.6 Å². The minimum atomic E-state index is -1.08. The third-order valence-electron chi connectivity index (χ3n) is 2.46. The lowest BCUT2D eigenvalue weighted by molar-refractivity contribution is 0.0693.